The van der Waals surface area contributed by atoms with Gasteiger partial charge < -0.3 is 10.0 Å². The highest BCUT2D eigenvalue weighted by molar-refractivity contribution is 7.10. The lowest BCUT2D eigenvalue weighted by atomic mass is 9.98. The molecule has 1 aliphatic rings. The van der Waals surface area contributed by atoms with Crippen LogP contribution >= 0.6 is 11.3 Å². The molecule has 0 spiro atoms. The first kappa shape index (κ1) is 19.5. The van der Waals surface area contributed by atoms with Crippen molar-refractivity contribution in [3.05, 3.63) is 58.0 Å². The van der Waals surface area contributed by atoms with Crippen molar-refractivity contribution in [2.24, 2.45) is 0 Å². The van der Waals surface area contributed by atoms with Gasteiger partial charge in [0, 0.05) is 49.9 Å². The standard InChI is InChI=1S/C20H23FN2O3S/c21-17-5-3-15(4-6-17)14-22-7-9-23(10-8-22)19(24)12-16(13-20(25)26)18-2-1-11-27-18/h1-6,11,16H,7-10,12-14H2,(H,25,26). The second-order valence-electron chi connectivity index (χ2n) is 6.80. The quantitative estimate of drug-likeness (QED) is 0.789. The zero-order chi connectivity index (χ0) is 19.2. The van der Waals surface area contributed by atoms with Crippen LogP contribution in [0, 0.1) is 5.82 Å². The van der Waals surface area contributed by atoms with Crippen LogP contribution in [0.2, 0.25) is 0 Å². The number of amides is 1. The first-order chi connectivity index (χ1) is 13.0. The molecule has 2 aromatic rings. The highest BCUT2D eigenvalue weighted by Crippen LogP contribution is 2.28. The largest absolute Gasteiger partial charge is 0.481 e. The molecule has 1 saturated heterocycles. The third-order valence-corrected chi connectivity index (χ3v) is 5.87. The summed E-state index contributed by atoms with van der Waals surface area (Å²) in [6, 6.07) is 10.3. The van der Waals surface area contributed by atoms with Gasteiger partial charge in [-0.3, -0.25) is 14.5 Å². The summed E-state index contributed by atoms with van der Waals surface area (Å²) in [5.74, 6) is -1.38. The second kappa shape index (κ2) is 9.10. The van der Waals surface area contributed by atoms with Gasteiger partial charge in [-0.25, -0.2) is 4.39 Å². The van der Waals surface area contributed by atoms with Gasteiger partial charge in [0.15, 0.2) is 0 Å². The Bertz CT molecular complexity index is 756. The zero-order valence-electron chi connectivity index (χ0n) is 15.0. The van der Waals surface area contributed by atoms with E-state index in [2.05, 4.69) is 4.90 Å². The van der Waals surface area contributed by atoms with Crippen LogP contribution in [0.15, 0.2) is 41.8 Å². The number of carboxylic acid groups (broad SMARTS) is 1. The van der Waals surface area contributed by atoms with Crippen molar-refractivity contribution in [1.82, 2.24) is 9.80 Å². The summed E-state index contributed by atoms with van der Waals surface area (Å²) in [6.07, 6.45) is 0.196. The molecule has 0 saturated carbocycles. The van der Waals surface area contributed by atoms with Crippen molar-refractivity contribution in [1.29, 1.82) is 0 Å². The number of hydrogen-bond donors (Lipinski definition) is 1. The molecule has 0 radical (unpaired) electrons. The molecule has 3 rings (SSSR count). The van der Waals surface area contributed by atoms with Gasteiger partial charge in [-0.15, -0.1) is 11.3 Å². The van der Waals surface area contributed by atoms with Gasteiger partial charge in [-0.05, 0) is 29.1 Å². The highest BCUT2D eigenvalue weighted by Gasteiger charge is 2.26. The lowest BCUT2D eigenvalue weighted by Crippen LogP contribution is -2.48. The summed E-state index contributed by atoms with van der Waals surface area (Å²) >= 11 is 1.50. The molecule has 0 bridgehead atoms. The molecule has 0 aliphatic carbocycles. The Morgan fingerprint density at radius 3 is 2.37 bits per heavy atom. The van der Waals surface area contributed by atoms with Gasteiger partial charge in [0.25, 0.3) is 0 Å². The zero-order valence-corrected chi connectivity index (χ0v) is 15.8. The van der Waals surface area contributed by atoms with E-state index in [0.29, 0.717) is 13.1 Å². The van der Waals surface area contributed by atoms with Crippen molar-refractivity contribution in [3.63, 3.8) is 0 Å². The Hall–Kier alpha value is -2.25. The Morgan fingerprint density at radius 1 is 1.07 bits per heavy atom. The summed E-state index contributed by atoms with van der Waals surface area (Å²) in [5.41, 5.74) is 1.05. The van der Waals surface area contributed by atoms with E-state index in [9.17, 15) is 14.0 Å². The summed E-state index contributed by atoms with van der Waals surface area (Å²) in [4.78, 5) is 28.8. The minimum absolute atomic E-state index is 0.0103. The van der Waals surface area contributed by atoms with Crippen molar-refractivity contribution < 1.29 is 19.1 Å². The van der Waals surface area contributed by atoms with Crippen LogP contribution in [0.1, 0.15) is 29.2 Å². The van der Waals surface area contributed by atoms with Gasteiger partial charge in [0.2, 0.25) is 5.91 Å². The Labute approximate surface area is 162 Å². The summed E-state index contributed by atoms with van der Waals surface area (Å²) in [6.45, 7) is 3.51. The van der Waals surface area contributed by atoms with Crippen LogP contribution < -0.4 is 0 Å². The topological polar surface area (TPSA) is 60.9 Å². The first-order valence-electron chi connectivity index (χ1n) is 9.01. The van der Waals surface area contributed by atoms with Gasteiger partial charge in [-0.1, -0.05) is 18.2 Å². The van der Waals surface area contributed by atoms with Crippen LogP contribution in [-0.4, -0.2) is 53.0 Å². The Morgan fingerprint density at radius 2 is 1.78 bits per heavy atom. The fourth-order valence-corrected chi connectivity index (χ4v) is 4.18. The fourth-order valence-electron chi connectivity index (χ4n) is 3.35. The second-order valence-corrected chi connectivity index (χ2v) is 7.78. The number of piperazine rings is 1. The van der Waals surface area contributed by atoms with Crippen LogP contribution in [0.4, 0.5) is 4.39 Å². The molecule has 1 aromatic carbocycles. The maximum absolute atomic E-state index is 13.0. The highest BCUT2D eigenvalue weighted by atomic mass is 32.1. The van der Waals surface area contributed by atoms with E-state index in [1.165, 1.54) is 23.5 Å². The minimum Gasteiger partial charge on any atom is -0.481 e. The van der Waals surface area contributed by atoms with Crippen LogP contribution in [-0.2, 0) is 16.1 Å². The number of carboxylic acids is 1. The molecule has 27 heavy (non-hydrogen) atoms. The number of carbonyl (C=O) groups is 2. The van der Waals surface area contributed by atoms with E-state index in [1.54, 1.807) is 12.1 Å². The minimum atomic E-state index is -0.884. The maximum Gasteiger partial charge on any atom is 0.304 e. The van der Waals surface area contributed by atoms with E-state index in [4.69, 9.17) is 5.11 Å². The van der Waals surface area contributed by atoms with Crippen molar-refractivity contribution in [2.45, 2.75) is 25.3 Å². The smallest absolute Gasteiger partial charge is 0.304 e. The number of halogens is 1. The predicted molar refractivity (Wildman–Crippen MR) is 102 cm³/mol. The number of thiophene rings is 1. The number of aliphatic carboxylic acids is 1. The third-order valence-electron chi connectivity index (χ3n) is 4.83. The van der Waals surface area contributed by atoms with Gasteiger partial charge in [-0.2, -0.15) is 0 Å². The molecule has 144 valence electrons. The monoisotopic (exact) mass is 390 g/mol. The molecular formula is C20H23FN2O3S. The van der Waals surface area contributed by atoms with Crippen LogP contribution in [0.5, 0.6) is 0 Å². The molecule has 1 fully saturated rings. The number of hydrogen-bond acceptors (Lipinski definition) is 4. The lowest BCUT2D eigenvalue weighted by Gasteiger charge is -2.35. The molecule has 2 heterocycles. The van der Waals surface area contributed by atoms with Crippen molar-refractivity contribution in [2.75, 3.05) is 26.2 Å². The Kier molecular flexibility index (Phi) is 6.58. The number of carbonyl (C=O) groups excluding carboxylic acids is 1. The molecule has 1 N–H and O–H groups in total. The van der Waals surface area contributed by atoms with Gasteiger partial charge in [0.1, 0.15) is 5.82 Å². The van der Waals surface area contributed by atoms with E-state index in [-0.39, 0.29) is 30.5 Å². The van der Waals surface area contributed by atoms with Crippen molar-refractivity contribution >= 4 is 23.2 Å². The number of rotatable bonds is 7. The SMILES string of the molecule is O=C(O)CC(CC(=O)N1CCN(Cc2ccc(F)cc2)CC1)c1cccs1. The average molecular weight is 390 g/mol. The number of nitrogens with zero attached hydrogens (tertiary/aromatic N) is 2. The average Bonchev–Trinajstić information content (AvgIpc) is 3.18. The Balaban J connectivity index is 1.51. The lowest BCUT2D eigenvalue weighted by molar-refractivity contribution is -0.138. The summed E-state index contributed by atoms with van der Waals surface area (Å²) in [7, 11) is 0. The first-order valence-corrected chi connectivity index (χ1v) is 9.89. The molecule has 1 aromatic heterocycles. The molecule has 5 nitrogen and oxygen atoms in total. The normalized spacial score (nSPS) is 16.3. The van der Waals surface area contributed by atoms with Crippen molar-refractivity contribution in [3.8, 4) is 0 Å². The predicted octanol–water partition coefficient (Wildman–Crippen LogP) is 3.18. The molecule has 1 amide bonds. The third kappa shape index (κ3) is 5.61. The van der Waals surface area contributed by atoms with Crippen LogP contribution in [0.3, 0.4) is 0 Å². The van der Waals surface area contributed by atoms with Gasteiger partial charge >= 0.3 is 5.97 Å². The molecule has 1 unspecified atom stereocenters. The molecule has 1 aliphatic heterocycles. The molecule has 7 heteroatoms. The van der Waals surface area contributed by atoms with E-state index < -0.39 is 5.97 Å². The maximum atomic E-state index is 13.0. The van der Waals surface area contributed by atoms with E-state index >= 15 is 0 Å². The molecular weight excluding hydrogens is 367 g/mol. The van der Waals surface area contributed by atoms with E-state index in [1.807, 2.05) is 22.4 Å². The fraction of sp³-hybridized carbons (Fsp3) is 0.400. The van der Waals surface area contributed by atoms with Crippen LogP contribution in [0.25, 0.3) is 0 Å². The molecule has 1 atom stereocenters. The summed E-state index contributed by atoms with van der Waals surface area (Å²) in [5, 5.41) is 11.1. The summed E-state index contributed by atoms with van der Waals surface area (Å²) < 4.78 is 13.0. The number of benzene rings is 1. The van der Waals surface area contributed by atoms with E-state index in [0.717, 1.165) is 30.1 Å². The van der Waals surface area contributed by atoms with Gasteiger partial charge in [0.05, 0.1) is 6.42 Å².